The summed E-state index contributed by atoms with van der Waals surface area (Å²) in [4.78, 5) is 22.8. The van der Waals surface area contributed by atoms with E-state index in [0.717, 1.165) is 0 Å². The summed E-state index contributed by atoms with van der Waals surface area (Å²) in [6.45, 7) is 3.79. The monoisotopic (exact) mass is 307 g/mol. The first-order valence-corrected chi connectivity index (χ1v) is 6.67. The number of nitrogens with one attached hydrogen (secondary N) is 2. The number of anilines is 1. The van der Waals surface area contributed by atoms with Crippen LogP contribution in [-0.2, 0) is 0 Å². The summed E-state index contributed by atoms with van der Waals surface area (Å²) in [7, 11) is 0. The number of hydrogen-bond donors (Lipinski definition) is 2. The van der Waals surface area contributed by atoms with E-state index >= 15 is 0 Å². The maximum atomic E-state index is 11.9. The molecule has 1 heterocycles. The lowest BCUT2D eigenvalue weighted by Gasteiger charge is -2.12. The summed E-state index contributed by atoms with van der Waals surface area (Å²) in [6, 6.07) is 7.51. The average molecular weight is 308 g/mol. The number of amides is 1. The predicted molar refractivity (Wildman–Crippen MR) is 80.0 cm³/mol. The van der Waals surface area contributed by atoms with Crippen LogP contribution in [0.15, 0.2) is 35.1 Å². The number of benzene rings is 1. The van der Waals surface area contributed by atoms with E-state index in [0.29, 0.717) is 16.5 Å². The molecule has 21 heavy (non-hydrogen) atoms. The summed E-state index contributed by atoms with van der Waals surface area (Å²) < 4.78 is 5.51. The van der Waals surface area contributed by atoms with E-state index in [-0.39, 0.29) is 17.4 Å². The van der Waals surface area contributed by atoms with Crippen LogP contribution in [-0.4, -0.2) is 22.2 Å². The smallest absolute Gasteiger partial charge is 0.276 e. The molecule has 0 radical (unpaired) electrons. The van der Waals surface area contributed by atoms with Crippen molar-refractivity contribution < 1.29 is 9.53 Å². The number of aromatic amines is 1. The minimum Gasteiger partial charge on any atom is -0.489 e. The van der Waals surface area contributed by atoms with E-state index in [9.17, 15) is 9.59 Å². The van der Waals surface area contributed by atoms with Gasteiger partial charge in [-0.3, -0.25) is 9.59 Å². The van der Waals surface area contributed by atoms with Gasteiger partial charge in [0.2, 0.25) is 0 Å². The molecular weight excluding hydrogens is 294 g/mol. The molecule has 0 atom stereocenters. The second-order valence-electron chi connectivity index (χ2n) is 4.57. The molecule has 0 bridgehead atoms. The van der Waals surface area contributed by atoms with Crippen LogP contribution in [0.3, 0.4) is 0 Å². The number of carbonyl (C=O) groups excluding carboxylic acids is 1. The van der Waals surface area contributed by atoms with Gasteiger partial charge in [-0.15, -0.1) is 0 Å². The van der Waals surface area contributed by atoms with Gasteiger partial charge in [-0.1, -0.05) is 11.6 Å². The van der Waals surface area contributed by atoms with Gasteiger partial charge in [0.05, 0.1) is 11.1 Å². The third-order valence-corrected chi connectivity index (χ3v) is 2.76. The molecule has 1 aromatic heterocycles. The number of aromatic nitrogens is 2. The number of carbonyl (C=O) groups is 1. The molecule has 0 saturated carbocycles. The largest absolute Gasteiger partial charge is 0.489 e. The zero-order valence-corrected chi connectivity index (χ0v) is 12.3. The SMILES string of the molecule is CC(C)Oc1ccc(NC(=O)c2ccc(=O)[nH]n2)cc1Cl. The Hall–Kier alpha value is -2.34. The van der Waals surface area contributed by atoms with Crippen LogP contribution in [0, 0.1) is 0 Å². The van der Waals surface area contributed by atoms with Crippen molar-refractivity contribution in [2.45, 2.75) is 20.0 Å². The van der Waals surface area contributed by atoms with Crippen molar-refractivity contribution in [3.8, 4) is 5.75 Å². The van der Waals surface area contributed by atoms with Gasteiger partial charge in [-0.2, -0.15) is 5.10 Å². The summed E-state index contributed by atoms with van der Waals surface area (Å²) in [5, 5.41) is 8.88. The Labute approximate surface area is 126 Å². The first-order valence-electron chi connectivity index (χ1n) is 6.29. The highest BCUT2D eigenvalue weighted by atomic mass is 35.5. The Morgan fingerprint density at radius 1 is 1.33 bits per heavy atom. The molecular formula is C14H14ClN3O3. The van der Waals surface area contributed by atoms with Crippen LogP contribution in [0.25, 0.3) is 0 Å². The molecule has 0 unspecified atom stereocenters. The van der Waals surface area contributed by atoms with Crippen molar-refractivity contribution in [1.29, 1.82) is 0 Å². The van der Waals surface area contributed by atoms with Crippen LogP contribution >= 0.6 is 11.6 Å². The van der Waals surface area contributed by atoms with E-state index in [1.807, 2.05) is 13.8 Å². The Bertz CT molecular complexity index is 692. The Morgan fingerprint density at radius 2 is 2.10 bits per heavy atom. The maximum Gasteiger partial charge on any atom is 0.276 e. The first kappa shape index (κ1) is 15.1. The normalized spacial score (nSPS) is 10.5. The van der Waals surface area contributed by atoms with E-state index in [1.54, 1.807) is 18.2 Å². The first-order chi connectivity index (χ1) is 9.95. The molecule has 2 aromatic rings. The zero-order chi connectivity index (χ0) is 15.4. The summed E-state index contributed by atoms with van der Waals surface area (Å²) >= 11 is 6.08. The highest BCUT2D eigenvalue weighted by molar-refractivity contribution is 6.32. The lowest BCUT2D eigenvalue weighted by atomic mass is 10.2. The molecule has 2 rings (SSSR count). The van der Waals surface area contributed by atoms with Crippen molar-refractivity contribution in [3.63, 3.8) is 0 Å². The molecule has 0 saturated heterocycles. The van der Waals surface area contributed by atoms with Gasteiger partial charge in [-0.05, 0) is 38.1 Å². The molecule has 0 aliphatic carbocycles. The van der Waals surface area contributed by atoms with Crippen LogP contribution < -0.4 is 15.6 Å². The quantitative estimate of drug-likeness (QED) is 0.908. The summed E-state index contributed by atoms with van der Waals surface area (Å²) in [5.41, 5.74) is 0.243. The van der Waals surface area contributed by atoms with Gasteiger partial charge in [0, 0.05) is 11.8 Å². The Kier molecular flexibility index (Phi) is 4.59. The third-order valence-electron chi connectivity index (χ3n) is 2.46. The lowest BCUT2D eigenvalue weighted by molar-refractivity contribution is 0.102. The number of halogens is 1. The Balaban J connectivity index is 2.12. The van der Waals surface area contributed by atoms with Crippen molar-refractivity contribution in [1.82, 2.24) is 10.2 Å². The van der Waals surface area contributed by atoms with Gasteiger partial charge in [0.1, 0.15) is 11.4 Å². The standard InChI is InChI=1S/C14H14ClN3O3/c1-8(2)21-12-5-3-9(7-10(12)15)16-14(20)11-4-6-13(19)18-17-11/h3-8H,1-2H3,(H,16,20)(H,18,19). The van der Waals surface area contributed by atoms with E-state index in [4.69, 9.17) is 16.3 Å². The fraction of sp³-hybridized carbons (Fsp3) is 0.214. The van der Waals surface area contributed by atoms with Gasteiger partial charge in [0.15, 0.2) is 0 Å². The van der Waals surface area contributed by atoms with Crippen molar-refractivity contribution in [3.05, 3.63) is 51.4 Å². The fourth-order valence-electron chi connectivity index (χ4n) is 1.59. The van der Waals surface area contributed by atoms with E-state index in [2.05, 4.69) is 15.5 Å². The number of H-pyrrole nitrogens is 1. The molecule has 0 fully saturated rings. The van der Waals surface area contributed by atoms with E-state index < -0.39 is 5.91 Å². The number of nitrogens with zero attached hydrogens (tertiary/aromatic N) is 1. The van der Waals surface area contributed by atoms with Crippen molar-refractivity contribution >= 4 is 23.2 Å². The fourth-order valence-corrected chi connectivity index (χ4v) is 1.82. The molecule has 1 amide bonds. The second-order valence-corrected chi connectivity index (χ2v) is 4.98. The summed E-state index contributed by atoms with van der Waals surface area (Å²) in [5.74, 6) is 0.103. The number of hydrogen-bond acceptors (Lipinski definition) is 4. The molecule has 1 aromatic carbocycles. The van der Waals surface area contributed by atoms with Crippen LogP contribution in [0.4, 0.5) is 5.69 Å². The molecule has 7 heteroatoms. The molecule has 6 nitrogen and oxygen atoms in total. The van der Waals surface area contributed by atoms with Gasteiger partial charge >= 0.3 is 0 Å². The maximum absolute atomic E-state index is 11.9. The van der Waals surface area contributed by atoms with Crippen LogP contribution in [0.2, 0.25) is 5.02 Å². The lowest BCUT2D eigenvalue weighted by Crippen LogP contribution is -2.17. The Morgan fingerprint density at radius 3 is 2.67 bits per heavy atom. The third kappa shape index (κ3) is 4.06. The summed E-state index contributed by atoms with van der Waals surface area (Å²) in [6.07, 6.45) is 0.00767. The number of rotatable bonds is 4. The molecule has 2 N–H and O–H groups in total. The minimum atomic E-state index is -0.445. The number of ether oxygens (including phenoxy) is 1. The molecule has 0 aliphatic heterocycles. The van der Waals surface area contributed by atoms with Crippen LogP contribution in [0.5, 0.6) is 5.75 Å². The minimum absolute atomic E-state index is 0.00767. The van der Waals surface area contributed by atoms with Gasteiger partial charge < -0.3 is 10.1 Å². The van der Waals surface area contributed by atoms with E-state index in [1.165, 1.54) is 12.1 Å². The highest BCUT2D eigenvalue weighted by Crippen LogP contribution is 2.28. The van der Waals surface area contributed by atoms with Crippen molar-refractivity contribution in [2.24, 2.45) is 0 Å². The topological polar surface area (TPSA) is 84.1 Å². The van der Waals surface area contributed by atoms with Gasteiger partial charge in [0.25, 0.3) is 11.5 Å². The van der Waals surface area contributed by atoms with Crippen LogP contribution in [0.1, 0.15) is 24.3 Å². The highest BCUT2D eigenvalue weighted by Gasteiger charge is 2.10. The second kappa shape index (κ2) is 6.41. The predicted octanol–water partition coefficient (Wildman–Crippen LogP) is 2.46. The average Bonchev–Trinajstić information content (AvgIpc) is 2.42. The zero-order valence-electron chi connectivity index (χ0n) is 11.5. The van der Waals surface area contributed by atoms with Crippen molar-refractivity contribution in [2.75, 3.05) is 5.32 Å². The molecule has 110 valence electrons. The molecule has 0 spiro atoms. The molecule has 0 aliphatic rings. The van der Waals surface area contributed by atoms with Gasteiger partial charge in [-0.25, -0.2) is 5.10 Å².